The van der Waals surface area contributed by atoms with Crippen molar-refractivity contribution >= 4 is 11.8 Å². The van der Waals surface area contributed by atoms with Gasteiger partial charge in [-0.05, 0) is 32.1 Å². The van der Waals surface area contributed by atoms with E-state index in [1.165, 1.54) is 0 Å². The van der Waals surface area contributed by atoms with Gasteiger partial charge in [-0.2, -0.15) is 0 Å². The molecule has 2 fully saturated rings. The molecular weight excluding hydrogens is 342 g/mol. The third-order valence-electron chi connectivity index (χ3n) is 5.61. The van der Waals surface area contributed by atoms with E-state index in [2.05, 4.69) is 46.4 Å². The van der Waals surface area contributed by atoms with Gasteiger partial charge in [-0.1, -0.05) is 27.7 Å². The summed E-state index contributed by atoms with van der Waals surface area (Å²) in [6, 6.07) is -0.109. The van der Waals surface area contributed by atoms with E-state index < -0.39 is 0 Å². The van der Waals surface area contributed by atoms with Crippen LogP contribution in [0.1, 0.15) is 54.4 Å². The molecule has 0 aromatic heterocycles. The number of hydrogen-bond acceptors (Lipinski definition) is 4. The largest absolute Gasteiger partial charge is 0.373 e. The molecule has 0 aromatic rings. The highest BCUT2D eigenvalue weighted by atomic mass is 16.5. The second kappa shape index (κ2) is 9.87. The lowest BCUT2D eigenvalue weighted by Crippen LogP contribution is -2.60. The zero-order valence-electron chi connectivity index (χ0n) is 18.1. The number of nitrogens with zero attached hydrogens (tertiary/aromatic N) is 3. The third kappa shape index (κ3) is 6.18. The van der Waals surface area contributed by atoms with Crippen LogP contribution in [0, 0.1) is 11.8 Å². The average Bonchev–Trinajstić information content (AvgIpc) is 2.58. The Kier molecular flexibility index (Phi) is 8.10. The van der Waals surface area contributed by atoms with Crippen LogP contribution in [0.2, 0.25) is 0 Å². The van der Waals surface area contributed by atoms with Gasteiger partial charge in [0.2, 0.25) is 11.8 Å². The monoisotopic (exact) mass is 381 g/mol. The van der Waals surface area contributed by atoms with Crippen molar-refractivity contribution in [2.24, 2.45) is 11.8 Å². The first-order valence-corrected chi connectivity index (χ1v) is 10.6. The smallest absolute Gasteiger partial charge is 0.240 e. The Morgan fingerprint density at radius 2 is 1.44 bits per heavy atom. The quantitative estimate of drug-likeness (QED) is 0.708. The number of morpholine rings is 1. The molecule has 0 saturated carbocycles. The molecule has 27 heavy (non-hydrogen) atoms. The Morgan fingerprint density at radius 1 is 0.926 bits per heavy atom. The molecule has 2 aliphatic rings. The van der Waals surface area contributed by atoms with Gasteiger partial charge in [0, 0.05) is 45.7 Å². The van der Waals surface area contributed by atoms with Crippen molar-refractivity contribution in [3.05, 3.63) is 0 Å². The van der Waals surface area contributed by atoms with Crippen LogP contribution in [0.5, 0.6) is 0 Å². The Morgan fingerprint density at radius 3 is 1.93 bits per heavy atom. The highest BCUT2D eigenvalue weighted by Gasteiger charge is 2.37. The minimum atomic E-state index is -0.109. The maximum Gasteiger partial charge on any atom is 0.240 e. The van der Waals surface area contributed by atoms with Crippen LogP contribution < -0.4 is 0 Å². The standard InChI is InChI=1S/C21H39N3O3/c1-15(2)7-8-19(25)22-9-11-23(12-10-22)21(26)20(16(3)4)24-13-17(5)27-18(6)14-24/h15-18,20H,7-14H2,1-6H3. The molecule has 2 rings (SSSR count). The maximum absolute atomic E-state index is 13.3. The summed E-state index contributed by atoms with van der Waals surface area (Å²) in [4.78, 5) is 31.8. The molecule has 0 N–H and O–H groups in total. The fraction of sp³-hybridized carbons (Fsp3) is 0.905. The van der Waals surface area contributed by atoms with Crippen molar-refractivity contribution in [3.63, 3.8) is 0 Å². The van der Waals surface area contributed by atoms with E-state index in [1.807, 2.05) is 9.80 Å². The number of piperazine rings is 1. The fourth-order valence-electron chi connectivity index (χ4n) is 4.24. The normalized spacial score (nSPS) is 25.9. The van der Waals surface area contributed by atoms with Gasteiger partial charge in [0.25, 0.3) is 0 Å². The molecule has 3 unspecified atom stereocenters. The first-order chi connectivity index (χ1) is 12.7. The van der Waals surface area contributed by atoms with Crippen LogP contribution >= 0.6 is 0 Å². The molecule has 2 heterocycles. The van der Waals surface area contributed by atoms with E-state index in [-0.39, 0.29) is 36.0 Å². The SMILES string of the molecule is CC(C)CCC(=O)N1CCN(C(=O)C(C(C)C)N2CC(C)OC(C)C2)CC1. The molecule has 2 aliphatic heterocycles. The van der Waals surface area contributed by atoms with Gasteiger partial charge in [-0.25, -0.2) is 0 Å². The predicted molar refractivity (Wildman–Crippen MR) is 107 cm³/mol. The summed E-state index contributed by atoms with van der Waals surface area (Å²) < 4.78 is 5.84. The van der Waals surface area contributed by atoms with E-state index in [4.69, 9.17) is 4.74 Å². The number of amides is 2. The molecule has 0 bridgehead atoms. The van der Waals surface area contributed by atoms with Gasteiger partial charge >= 0.3 is 0 Å². The van der Waals surface area contributed by atoms with Crippen LogP contribution in [0.4, 0.5) is 0 Å². The lowest BCUT2D eigenvalue weighted by atomic mass is 9.98. The molecule has 6 nitrogen and oxygen atoms in total. The summed E-state index contributed by atoms with van der Waals surface area (Å²) in [7, 11) is 0. The molecule has 0 aromatic carbocycles. The number of carbonyl (C=O) groups is 2. The molecule has 0 aliphatic carbocycles. The van der Waals surface area contributed by atoms with Crippen molar-refractivity contribution in [3.8, 4) is 0 Å². The second-order valence-corrected chi connectivity index (χ2v) is 9.04. The molecular formula is C21H39N3O3. The van der Waals surface area contributed by atoms with Gasteiger partial charge in [-0.3, -0.25) is 14.5 Å². The number of ether oxygens (including phenoxy) is 1. The number of hydrogen-bond donors (Lipinski definition) is 0. The molecule has 3 atom stereocenters. The van der Waals surface area contributed by atoms with Crippen LogP contribution in [0.25, 0.3) is 0 Å². The van der Waals surface area contributed by atoms with E-state index in [0.29, 0.717) is 38.5 Å². The van der Waals surface area contributed by atoms with Gasteiger partial charge in [0.1, 0.15) is 0 Å². The van der Waals surface area contributed by atoms with Crippen LogP contribution in [-0.4, -0.2) is 84.0 Å². The molecule has 0 spiro atoms. The molecule has 2 amide bonds. The van der Waals surface area contributed by atoms with E-state index in [9.17, 15) is 9.59 Å². The summed E-state index contributed by atoms with van der Waals surface area (Å²) in [6.07, 6.45) is 1.85. The summed E-state index contributed by atoms with van der Waals surface area (Å²) in [5, 5.41) is 0. The molecule has 2 saturated heterocycles. The van der Waals surface area contributed by atoms with E-state index >= 15 is 0 Å². The first-order valence-electron chi connectivity index (χ1n) is 10.6. The van der Waals surface area contributed by atoms with Crippen molar-refractivity contribution < 1.29 is 14.3 Å². The minimum Gasteiger partial charge on any atom is -0.373 e. The Bertz CT molecular complexity index is 491. The Hall–Kier alpha value is -1.14. The summed E-state index contributed by atoms with van der Waals surface area (Å²) in [6.45, 7) is 16.9. The van der Waals surface area contributed by atoms with Crippen LogP contribution in [0.15, 0.2) is 0 Å². The zero-order valence-corrected chi connectivity index (χ0v) is 18.1. The lowest BCUT2D eigenvalue weighted by molar-refractivity contribution is -0.149. The average molecular weight is 382 g/mol. The summed E-state index contributed by atoms with van der Waals surface area (Å²) >= 11 is 0. The van der Waals surface area contributed by atoms with Crippen LogP contribution in [0.3, 0.4) is 0 Å². The molecule has 0 radical (unpaired) electrons. The molecule has 156 valence electrons. The third-order valence-corrected chi connectivity index (χ3v) is 5.61. The van der Waals surface area contributed by atoms with E-state index in [1.54, 1.807) is 0 Å². The van der Waals surface area contributed by atoms with Gasteiger partial charge in [0.15, 0.2) is 0 Å². The fourth-order valence-corrected chi connectivity index (χ4v) is 4.24. The molecule has 6 heteroatoms. The Balaban J connectivity index is 1.93. The highest BCUT2D eigenvalue weighted by molar-refractivity contribution is 5.83. The van der Waals surface area contributed by atoms with Crippen LogP contribution in [-0.2, 0) is 14.3 Å². The number of rotatable bonds is 6. The van der Waals surface area contributed by atoms with Crippen molar-refractivity contribution in [2.45, 2.75) is 72.6 Å². The van der Waals surface area contributed by atoms with Crippen molar-refractivity contribution in [2.75, 3.05) is 39.3 Å². The zero-order chi connectivity index (χ0) is 20.1. The van der Waals surface area contributed by atoms with Gasteiger partial charge in [-0.15, -0.1) is 0 Å². The summed E-state index contributed by atoms with van der Waals surface area (Å²) in [5.41, 5.74) is 0. The van der Waals surface area contributed by atoms with Crippen molar-refractivity contribution in [1.82, 2.24) is 14.7 Å². The maximum atomic E-state index is 13.3. The second-order valence-electron chi connectivity index (χ2n) is 9.04. The Labute approximate surface area is 165 Å². The first kappa shape index (κ1) is 22.2. The predicted octanol–water partition coefficient (Wildman–Crippen LogP) is 2.23. The van der Waals surface area contributed by atoms with Crippen molar-refractivity contribution in [1.29, 1.82) is 0 Å². The summed E-state index contributed by atoms with van der Waals surface area (Å²) in [5.74, 6) is 1.23. The van der Waals surface area contributed by atoms with Gasteiger partial charge < -0.3 is 14.5 Å². The highest BCUT2D eigenvalue weighted by Crippen LogP contribution is 2.21. The lowest BCUT2D eigenvalue weighted by Gasteiger charge is -2.44. The topological polar surface area (TPSA) is 53.1 Å². The minimum absolute atomic E-state index is 0.109. The van der Waals surface area contributed by atoms with E-state index in [0.717, 1.165) is 19.5 Å². The van der Waals surface area contributed by atoms with Gasteiger partial charge in [0.05, 0.1) is 18.2 Å². The number of carbonyl (C=O) groups excluding carboxylic acids is 2.